The van der Waals surface area contributed by atoms with Gasteiger partial charge in [-0.2, -0.15) is 0 Å². The number of hydrogen-bond donors (Lipinski definition) is 2. The second-order valence-corrected chi connectivity index (χ2v) is 6.67. The molecular formula is C15H25N5O. The summed E-state index contributed by atoms with van der Waals surface area (Å²) in [6, 6.07) is 0.624. The van der Waals surface area contributed by atoms with Gasteiger partial charge in [-0.3, -0.25) is 4.79 Å². The van der Waals surface area contributed by atoms with E-state index in [-0.39, 0.29) is 11.9 Å². The molecule has 1 aromatic heterocycles. The lowest BCUT2D eigenvalue weighted by Crippen LogP contribution is -2.44. The zero-order valence-electron chi connectivity index (χ0n) is 12.9. The Morgan fingerprint density at radius 1 is 1.38 bits per heavy atom. The first kappa shape index (κ1) is 14.5. The molecule has 2 fully saturated rings. The van der Waals surface area contributed by atoms with Gasteiger partial charge in [-0.15, -0.1) is 5.10 Å². The second-order valence-electron chi connectivity index (χ2n) is 6.67. The SMILES string of the molecule is CC(C)C1CCCCC1NC(=O)c1cn(C2CNC2)nn1. The van der Waals surface area contributed by atoms with Crippen molar-refractivity contribution in [1.82, 2.24) is 25.6 Å². The maximum Gasteiger partial charge on any atom is 0.273 e. The molecule has 0 bridgehead atoms. The van der Waals surface area contributed by atoms with E-state index in [1.807, 2.05) is 0 Å². The van der Waals surface area contributed by atoms with Crippen LogP contribution in [0.4, 0.5) is 0 Å². The van der Waals surface area contributed by atoms with Crippen molar-refractivity contribution in [2.75, 3.05) is 13.1 Å². The van der Waals surface area contributed by atoms with Gasteiger partial charge in [-0.25, -0.2) is 4.68 Å². The van der Waals surface area contributed by atoms with Crippen LogP contribution in [0.5, 0.6) is 0 Å². The van der Waals surface area contributed by atoms with Crippen LogP contribution in [0.3, 0.4) is 0 Å². The third-order valence-electron chi connectivity index (χ3n) is 4.87. The van der Waals surface area contributed by atoms with Crippen LogP contribution < -0.4 is 10.6 Å². The Balaban J connectivity index is 1.63. The Morgan fingerprint density at radius 3 is 2.81 bits per heavy atom. The molecule has 0 radical (unpaired) electrons. The first-order valence-corrected chi connectivity index (χ1v) is 8.08. The van der Waals surface area contributed by atoms with Gasteiger partial charge in [-0.05, 0) is 24.7 Å². The third kappa shape index (κ3) is 3.10. The summed E-state index contributed by atoms with van der Waals surface area (Å²) in [5.41, 5.74) is 0.440. The summed E-state index contributed by atoms with van der Waals surface area (Å²) in [5.74, 6) is 1.10. The Kier molecular flexibility index (Phi) is 4.24. The fourth-order valence-corrected chi connectivity index (χ4v) is 3.40. The monoisotopic (exact) mass is 291 g/mol. The summed E-state index contributed by atoms with van der Waals surface area (Å²) in [6.07, 6.45) is 6.54. The van der Waals surface area contributed by atoms with Crippen molar-refractivity contribution < 1.29 is 4.79 Å². The van der Waals surface area contributed by atoms with Crippen LogP contribution in [0.25, 0.3) is 0 Å². The molecule has 1 saturated heterocycles. The number of carbonyl (C=O) groups is 1. The summed E-state index contributed by atoms with van der Waals surface area (Å²) in [6.45, 7) is 6.30. The Labute approximate surface area is 125 Å². The van der Waals surface area contributed by atoms with E-state index in [2.05, 4.69) is 34.8 Å². The number of aromatic nitrogens is 3. The molecule has 6 heteroatoms. The molecule has 1 aliphatic heterocycles. The molecule has 2 N–H and O–H groups in total. The predicted octanol–water partition coefficient (Wildman–Crippen LogP) is 1.37. The fourth-order valence-electron chi connectivity index (χ4n) is 3.40. The summed E-state index contributed by atoms with van der Waals surface area (Å²) in [5, 5.41) is 14.5. The van der Waals surface area contributed by atoms with E-state index in [1.165, 1.54) is 19.3 Å². The Bertz CT molecular complexity index is 494. The van der Waals surface area contributed by atoms with E-state index in [0.29, 0.717) is 23.6 Å². The van der Waals surface area contributed by atoms with Crippen LogP contribution in [0.2, 0.25) is 0 Å². The van der Waals surface area contributed by atoms with E-state index in [0.717, 1.165) is 19.5 Å². The average Bonchev–Trinajstić information content (AvgIpc) is 2.86. The topological polar surface area (TPSA) is 71.8 Å². The van der Waals surface area contributed by atoms with Gasteiger partial charge in [0.25, 0.3) is 5.91 Å². The first-order valence-electron chi connectivity index (χ1n) is 8.08. The molecule has 1 aliphatic carbocycles. The normalized spacial score (nSPS) is 26.6. The Hall–Kier alpha value is -1.43. The summed E-state index contributed by atoms with van der Waals surface area (Å²) in [4.78, 5) is 12.4. The van der Waals surface area contributed by atoms with Crippen molar-refractivity contribution in [2.24, 2.45) is 11.8 Å². The van der Waals surface area contributed by atoms with E-state index in [1.54, 1.807) is 10.9 Å². The summed E-state index contributed by atoms with van der Waals surface area (Å²) >= 11 is 0. The molecule has 6 nitrogen and oxygen atoms in total. The highest BCUT2D eigenvalue weighted by molar-refractivity contribution is 5.92. The van der Waals surface area contributed by atoms with E-state index in [9.17, 15) is 4.79 Å². The maximum atomic E-state index is 12.4. The van der Waals surface area contributed by atoms with Crippen LogP contribution >= 0.6 is 0 Å². The molecule has 2 aliphatic rings. The average molecular weight is 291 g/mol. The van der Waals surface area contributed by atoms with Crippen molar-refractivity contribution in [1.29, 1.82) is 0 Å². The Morgan fingerprint density at radius 2 is 2.14 bits per heavy atom. The zero-order valence-corrected chi connectivity index (χ0v) is 12.9. The van der Waals surface area contributed by atoms with Crippen LogP contribution in [0.1, 0.15) is 56.1 Å². The van der Waals surface area contributed by atoms with Crippen LogP contribution in [0.15, 0.2) is 6.20 Å². The number of carbonyl (C=O) groups excluding carboxylic acids is 1. The van der Waals surface area contributed by atoms with Gasteiger partial charge in [-0.1, -0.05) is 31.9 Å². The van der Waals surface area contributed by atoms with Gasteiger partial charge in [0.15, 0.2) is 5.69 Å². The maximum absolute atomic E-state index is 12.4. The van der Waals surface area contributed by atoms with Crippen LogP contribution in [0, 0.1) is 11.8 Å². The van der Waals surface area contributed by atoms with E-state index >= 15 is 0 Å². The number of nitrogens with one attached hydrogen (secondary N) is 2. The molecule has 2 unspecified atom stereocenters. The lowest BCUT2D eigenvalue weighted by atomic mass is 9.78. The largest absolute Gasteiger partial charge is 0.348 e. The van der Waals surface area contributed by atoms with Crippen LogP contribution in [-0.2, 0) is 0 Å². The van der Waals surface area contributed by atoms with Crippen LogP contribution in [-0.4, -0.2) is 40.0 Å². The second kappa shape index (κ2) is 6.13. The van der Waals surface area contributed by atoms with Gasteiger partial charge < -0.3 is 10.6 Å². The fraction of sp³-hybridized carbons (Fsp3) is 0.800. The molecule has 116 valence electrons. The molecule has 3 rings (SSSR count). The first-order chi connectivity index (χ1) is 10.1. The number of nitrogens with zero attached hydrogens (tertiary/aromatic N) is 3. The molecule has 2 atom stereocenters. The minimum absolute atomic E-state index is 0.0777. The highest BCUT2D eigenvalue weighted by Gasteiger charge is 2.30. The van der Waals surface area contributed by atoms with Gasteiger partial charge in [0.05, 0.1) is 12.2 Å². The molecular weight excluding hydrogens is 266 g/mol. The van der Waals surface area contributed by atoms with Gasteiger partial charge >= 0.3 is 0 Å². The minimum atomic E-state index is -0.0777. The quantitative estimate of drug-likeness (QED) is 0.879. The number of rotatable bonds is 4. The smallest absolute Gasteiger partial charge is 0.273 e. The van der Waals surface area contributed by atoms with E-state index < -0.39 is 0 Å². The molecule has 2 heterocycles. The van der Waals surface area contributed by atoms with Crippen molar-refractivity contribution >= 4 is 5.91 Å². The van der Waals surface area contributed by atoms with Gasteiger partial charge in [0.1, 0.15) is 0 Å². The predicted molar refractivity (Wildman–Crippen MR) is 80.0 cm³/mol. The molecule has 0 spiro atoms. The lowest BCUT2D eigenvalue weighted by Gasteiger charge is -2.34. The van der Waals surface area contributed by atoms with Crippen molar-refractivity contribution in [3.63, 3.8) is 0 Å². The number of hydrogen-bond acceptors (Lipinski definition) is 4. The lowest BCUT2D eigenvalue weighted by molar-refractivity contribution is 0.0884. The summed E-state index contributed by atoms with van der Waals surface area (Å²) in [7, 11) is 0. The molecule has 0 aromatic carbocycles. The minimum Gasteiger partial charge on any atom is -0.348 e. The molecule has 1 aromatic rings. The summed E-state index contributed by atoms with van der Waals surface area (Å²) < 4.78 is 1.80. The highest BCUT2D eigenvalue weighted by Crippen LogP contribution is 2.30. The van der Waals surface area contributed by atoms with Gasteiger partial charge in [0, 0.05) is 19.1 Å². The molecule has 21 heavy (non-hydrogen) atoms. The van der Waals surface area contributed by atoms with Crippen molar-refractivity contribution in [3.8, 4) is 0 Å². The molecule has 1 amide bonds. The standard InChI is InChI=1S/C15H25N5O/c1-10(2)12-5-3-4-6-13(12)17-15(21)14-9-20(19-18-14)11-7-16-8-11/h9-13,16H,3-8H2,1-2H3,(H,17,21). The highest BCUT2D eigenvalue weighted by atomic mass is 16.2. The number of amides is 1. The third-order valence-corrected chi connectivity index (χ3v) is 4.87. The zero-order chi connectivity index (χ0) is 14.8. The van der Waals surface area contributed by atoms with E-state index in [4.69, 9.17) is 0 Å². The van der Waals surface area contributed by atoms with Crippen molar-refractivity contribution in [3.05, 3.63) is 11.9 Å². The van der Waals surface area contributed by atoms with Crippen molar-refractivity contribution in [2.45, 2.75) is 51.6 Å². The molecule has 1 saturated carbocycles. The van der Waals surface area contributed by atoms with Gasteiger partial charge in [0.2, 0.25) is 0 Å².